The molecule has 1 aliphatic carbocycles. The van der Waals surface area contributed by atoms with Crippen molar-refractivity contribution in [3.05, 3.63) is 40.5 Å². The Morgan fingerprint density at radius 2 is 1.86 bits per heavy atom. The zero-order chi connectivity index (χ0) is 19.6. The summed E-state index contributed by atoms with van der Waals surface area (Å²) in [7, 11) is 0. The lowest BCUT2D eigenvalue weighted by Crippen LogP contribution is -2.15. The van der Waals surface area contributed by atoms with Gasteiger partial charge in [-0.25, -0.2) is 9.97 Å². The lowest BCUT2D eigenvalue weighted by molar-refractivity contribution is 0.171. The average Bonchev–Trinajstić information content (AvgIpc) is 3.14. The summed E-state index contributed by atoms with van der Waals surface area (Å²) in [4.78, 5) is 12.3. The van der Waals surface area contributed by atoms with Crippen molar-refractivity contribution in [2.24, 2.45) is 0 Å². The van der Waals surface area contributed by atoms with E-state index in [4.69, 9.17) is 19.4 Å². The van der Waals surface area contributed by atoms with Crippen molar-refractivity contribution >= 4 is 27.4 Å². The van der Waals surface area contributed by atoms with E-state index in [9.17, 15) is 0 Å². The highest BCUT2D eigenvalue weighted by Gasteiger charge is 2.21. The first-order valence-electron chi connectivity index (χ1n) is 10.7. The number of thiophene rings is 1. The molecular formula is C23H27N3O2S. The van der Waals surface area contributed by atoms with Gasteiger partial charge in [0.2, 0.25) is 0 Å². The van der Waals surface area contributed by atoms with Gasteiger partial charge in [0.25, 0.3) is 0 Å². The SMILES string of the molecule is Cc1cc2c(NCCc3ccc4c(c3)OCCO4)nc(C3CCCCC3)nc2s1. The van der Waals surface area contributed by atoms with Crippen LogP contribution in [0.4, 0.5) is 5.82 Å². The maximum absolute atomic E-state index is 5.71. The van der Waals surface area contributed by atoms with Crippen LogP contribution in [-0.4, -0.2) is 29.7 Å². The van der Waals surface area contributed by atoms with Crippen LogP contribution in [0.15, 0.2) is 24.3 Å². The fraction of sp³-hybridized carbons (Fsp3) is 0.478. The number of anilines is 1. The van der Waals surface area contributed by atoms with Gasteiger partial charge in [0.05, 0.1) is 5.39 Å². The third-order valence-corrected chi connectivity index (χ3v) is 6.76. The Kier molecular flexibility index (Phi) is 5.27. The van der Waals surface area contributed by atoms with E-state index in [1.54, 1.807) is 11.3 Å². The highest BCUT2D eigenvalue weighted by Crippen LogP contribution is 2.35. The fourth-order valence-corrected chi connectivity index (χ4v) is 5.19. The van der Waals surface area contributed by atoms with Crippen LogP contribution in [0.1, 0.15) is 54.3 Å². The van der Waals surface area contributed by atoms with Gasteiger partial charge in [-0.05, 0) is 49.9 Å². The predicted molar refractivity (Wildman–Crippen MR) is 118 cm³/mol. The van der Waals surface area contributed by atoms with Crippen molar-refractivity contribution < 1.29 is 9.47 Å². The van der Waals surface area contributed by atoms with Gasteiger partial charge in [-0.15, -0.1) is 11.3 Å². The summed E-state index contributed by atoms with van der Waals surface area (Å²) < 4.78 is 11.3. The van der Waals surface area contributed by atoms with Gasteiger partial charge >= 0.3 is 0 Å². The standard InChI is InChI=1S/C23H27N3O2S/c1-15-13-18-22(25-21(26-23(18)29-15)17-5-3-2-4-6-17)24-10-9-16-7-8-19-20(14-16)28-12-11-27-19/h7-8,13-14,17H,2-6,9-12H2,1H3,(H,24,25,26). The molecule has 0 atom stereocenters. The Morgan fingerprint density at radius 3 is 2.72 bits per heavy atom. The second-order valence-electron chi connectivity index (χ2n) is 8.00. The number of nitrogens with zero attached hydrogens (tertiary/aromatic N) is 2. The molecule has 5 nitrogen and oxygen atoms in total. The highest BCUT2D eigenvalue weighted by atomic mass is 32.1. The Morgan fingerprint density at radius 1 is 1.03 bits per heavy atom. The van der Waals surface area contributed by atoms with E-state index in [1.165, 1.54) is 42.5 Å². The Bertz CT molecular complexity index is 1010. The number of rotatable bonds is 5. The van der Waals surface area contributed by atoms with Gasteiger partial charge in [0.15, 0.2) is 11.5 Å². The quantitative estimate of drug-likeness (QED) is 0.605. The molecule has 2 aromatic heterocycles. The molecule has 1 N–H and O–H groups in total. The van der Waals surface area contributed by atoms with E-state index in [0.717, 1.165) is 46.3 Å². The molecule has 3 heterocycles. The van der Waals surface area contributed by atoms with Crippen LogP contribution in [0.3, 0.4) is 0 Å². The van der Waals surface area contributed by atoms with Gasteiger partial charge < -0.3 is 14.8 Å². The second-order valence-corrected chi connectivity index (χ2v) is 9.23. The van der Waals surface area contributed by atoms with Crippen LogP contribution in [0.25, 0.3) is 10.2 Å². The monoisotopic (exact) mass is 409 g/mol. The van der Waals surface area contributed by atoms with Gasteiger partial charge in [-0.1, -0.05) is 25.3 Å². The first kappa shape index (κ1) is 18.7. The predicted octanol–water partition coefficient (Wildman–Crippen LogP) is 5.47. The molecule has 0 saturated heterocycles. The van der Waals surface area contributed by atoms with Crippen LogP contribution >= 0.6 is 11.3 Å². The largest absolute Gasteiger partial charge is 0.486 e. The first-order valence-corrected chi connectivity index (χ1v) is 11.5. The van der Waals surface area contributed by atoms with E-state index in [1.807, 2.05) is 6.07 Å². The van der Waals surface area contributed by atoms with E-state index in [-0.39, 0.29) is 0 Å². The number of aromatic nitrogens is 2. The third kappa shape index (κ3) is 4.04. The zero-order valence-corrected chi connectivity index (χ0v) is 17.7. The number of benzene rings is 1. The minimum atomic E-state index is 0.508. The summed E-state index contributed by atoms with van der Waals surface area (Å²) in [6.07, 6.45) is 7.27. The smallest absolute Gasteiger partial charge is 0.161 e. The zero-order valence-electron chi connectivity index (χ0n) is 16.9. The van der Waals surface area contributed by atoms with Gasteiger partial charge in [-0.3, -0.25) is 0 Å². The lowest BCUT2D eigenvalue weighted by Gasteiger charge is -2.21. The van der Waals surface area contributed by atoms with Crippen LogP contribution in [0, 0.1) is 6.92 Å². The summed E-state index contributed by atoms with van der Waals surface area (Å²) in [6, 6.07) is 8.42. The van der Waals surface area contributed by atoms with Gasteiger partial charge in [-0.2, -0.15) is 0 Å². The molecule has 0 unspecified atom stereocenters. The fourth-order valence-electron chi connectivity index (χ4n) is 4.31. The number of ether oxygens (including phenoxy) is 2. The van der Waals surface area contributed by atoms with Crippen LogP contribution < -0.4 is 14.8 Å². The third-order valence-electron chi connectivity index (χ3n) is 5.82. The molecule has 3 aromatic rings. The summed E-state index contributed by atoms with van der Waals surface area (Å²) in [5, 5.41) is 4.74. The molecule has 29 heavy (non-hydrogen) atoms. The molecule has 0 spiro atoms. The second kappa shape index (κ2) is 8.19. The maximum atomic E-state index is 5.71. The van der Waals surface area contributed by atoms with Crippen molar-refractivity contribution in [2.75, 3.05) is 25.1 Å². The highest BCUT2D eigenvalue weighted by molar-refractivity contribution is 7.18. The number of hydrogen-bond donors (Lipinski definition) is 1. The van der Waals surface area contributed by atoms with Crippen molar-refractivity contribution in [3.63, 3.8) is 0 Å². The Hall–Kier alpha value is -2.34. The maximum Gasteiger partial charge on any atom is 0.161 e. The molecule has 5 rings (SSSR count). The molecule has 1 aromatic carbocycles. The topological polar surface area (TPSA) is 56.3 Å². The molecule has 1 fully saturated rings. The summed E-state index contributed by atoms with van der Waals surface area (Å²) in [6.45, 7) is 4.21. The first-order chi connectivity index (χ1) is 14.3. The number of aryl methyl sites for hydroxylation is 1. The molecule has 0 amide bonds. The van der Waals surface area contributed by atoms with Crippen molar-refractivity contribution in [1.82, 2.24) is 9.97 Å². The van der Waals surface area contributed by atoms with Gasteiger partial charge in [0.1, 0.15) is 29.7 Å². The molecule has 6 heteroatoms. The van der Waals surface area contributed by atoms with E-state index in [0.29, 0.717) is 19.1 Å². The normalized spacial score (nSPS) is 16.9. The van der Waals surface area contributed by atoms with Crippen LogP contribution in [0.5, 0.6) is 11.5 Å². The summed E-state index contributed by atoms with van der Waals surface area (Å²) in [5.74, 6) is 4.22. The molecule has 2 aliphatic rings. The molecule has 1 aliphatic heterocycles. The minimum absolute atomic E-state index is 0.508. The Balaban J connectivity index is 1.34. The van der Waals surface area contributed by atoms with Crippen molar-refractivity contribution in [2.45, 2.75) is 51.4 Å². The summed E-state index contributed by atoms with van der Waals surface area (Å²) >= 11 is 1.77. The Labute approximate surface area is 175 Å². The van der Waals surface area contributed by atoms with Crippen molar-refractivity contribution in [1.29, 1.82) is 0 Å². The lowest BCUT2D eigenvalue weighted by atomic mass is 9.89. The van der Waals surface area contributed by atoms with Gasteiger partial charge in [0, 0.05) is 17.3 Å². The molecular weight excluding hydrogens is 382 g/mol. The van der Waals surface area contributed by atoms with E-state index < -0.39 is 0 Å². The molecule has 1 saturated carbocycles. The number of fused-ring (bicyclic) bond motifs is 2. The number of nitrogens with one attached hydrogen (secondary N) is 1. The summed E-state index contributed by atoms with van der Waals surface area (Å²) in [5.41, 5.74) is 1.24. The molecule has 152 valence electrons. The average molecular weight is 410 g/mol. The van der Waals surface area contributed by atoms with E-state index in [2.05, 4.69) is 30.4 Å². The number of hydrogen-bond acceptors (Lipinski definition) is 6. The van der Waals surface area contributed by atoms with Crippen LogP contribution in [-0.2, 0) is 6.42 Å². The molecule has 0 bridgehead atoms. The minimum Gasteiger partial charge on any atom is -0.486 e. The molecule has 0 radical (unpaired) electrons. The van der Waals surface area contributed by atoms with Crippen molar-refractivity contribution in [3.8, 4) is 11.5 Å². The van der Waals surface area contributed by atoms with E-state index >= 15 is 0 Å². The van der Waals surface area contributed by atoms with Crippen LogP contribution in [0.2, 0.25) is 0 Å².